The lowest BCUT2D eigenvalue weighted by Crippen LogP contribution is -2.39. The fourth-order valence-electron chi connectivity index (χ4n) is 3.12. The smallest absolute Gasteiger partial charge is 0.214 e. The van der Waals surface area contributed by atoms with Gasteiger partial charge in [0.25, 0.3) is 0 Å². The highest BCUT2D eigenvalue weighted by atomic mass is 32.2. The Morgan fingerprint density at radius 2 is 2.07 bits per heavy atom. The molecule has 0 aliphatic carbocycles. The topological polar surface area (TPSA) is 91.6 Å². The third-order valence-electron chi connectivity index (χ3n) is 4.58. The van der Waals surface area contributed by atoms with Crippen LogP contribution in [0.1, 0.15) is 18.9 Å². The first-order valence-electron chi connectivity index (χ1n) is 9.67. The molecular formula is C19H28N6O2S. The van der Waals surface area contributed by atoms with Crippen molar-refractivity contribution in [3.05, 3.63) is 48.3 Å². The molecule has 152 valence electrons. The Hall–Kier alpha value is -2.39. The van der Waals surface area contributed by atoms with Crippen LogP contribution >= 0.6 is 0 Å². The minimum Gasteiger partial charge on any atom is -0.357 e. The van der Waals surface area contributed by atoms with Crippen LogP contribution in [0.5, 0.6) is 0 Å². The molecule has 3 rings (SSSR count). The molecule has 0 unspecified atom stereocenters. The van der Waals surface area contributed by atoms with Gasteiger partial charge < -0.3 is 10.6 Å². The van der Waals surface area contributed by atoms with Crippen LogP contribution < -0.4 is 10.6 Å². The Morgan fingerprint density at radius 3 is 2.71 bits per heavy atom. The monoisotopic (exact) mass is 404 g/mol. The molecule has 2 N–H and O–H groups in total. The van der Waals surface area contributed by atoms with Crippen molar-refractivity contribution in [2.45, 2.75) is 19.8 Å². The van der Waals surface area contributed by atoms with Gasteiger partial charge in [0.05, 0.1) is 18.0 Å². The number of sulfonamides is 1. The number of aromatic nitrogens is 2. The zero-order chi connectivity index (χ0) is 19.8. The summed E-state index contributed by atoms with van der Waals surface area (Å²) >= 11 is 0. The highest BCUT2D eigenvalue weighted by Crippen LogP contribution is 2.12. The number of benzene rings is 1. The number of rotatable bonds is 8. The van der Waals surface area contributed by atoms with E-state index in [-0.39, 0.29) is 5.75 Å². The molecule has 2 heterocycles. The van der Waals surface area contributed by atoms with E-state index in [1.165, 1.54) is 9.87 Å². The largest absolute Gasteiger partial charge is 0.357 e. The molecule has 0 atom stereocenters. The van der Waals surface area contributed by atoms with Crippen LogP contribution in [0.25, 0.3) is 5.69 Å². The minimum atomic E-state index is -3.05. The highest BCUT2D eigenvalue weighted by molar-refractivity contribution is 7.89. The number of aliphatic imine (C=N–C) groups is 1. The van der Waals surface area contributed by atoms with Crippen molar-refractivity contribution in [2.75, 3.05) is 38.5 Å². The SMILES string of the molecule is CCNC(=NCCN1CCCS1(=O)=O)NCCc1ccc(-n2cccn2)cc1. The predicted molar refractivity (Wildman–Crippen MR) is 111 cm³/mol. The molecule has 8 nitrogen and oxygen atoms in total. The number of guanidine groups is 1. The molecule has 1 aromatic heterocycles. The second kappa shape index (κ2) is 9.70. The van der Waals surface area contributed by atoms with E-state index in [1.54, 1.807) is 6.20 Å². The van der Waals surface area contributed by atoms with Gasteiger partial charge in [-0.25, -0.2) is 17.4 Å². The van der Waals surface area contributed by atoms with Crippen molar-refractivity contribution >= 4 is 16.0 Å². The van der Waals surface area contributed by atoms with Crippen LogP contribution in [-0.4, -0.2) is 66.9 Å². The van der Waals surface area contributed by atoms with Crippen LogP contribution in [0.15, 0.2) is 47.7 Å². The maximum atomic E-state index is 11.8. The first kappa shape index (κ1) is 20.3. The molecule has 1 aliphatic heterocycles. The summed E-state index contributed by atoms with van der Waals surface area (Å²) in [5, 5.41) is 10.7. The van der Waals surface area contributed by atoms with E-state index in [9.17, 15) is 8.42 Å². The first-order chi connectivity index (χ1) is 13.6. The van der Waals surface area contributed by atoms with E-state index in [0.29, 0.717) is 32.0 Å². The van der Waals surface area contributed by atoms with Gasteiger partial charge in [-0.3, -0.25) is 4.99 Å². The van der Waals surface area contributed by atoms with Gasteiger partial charge in [-0.2, -0.15) is 5.10 Å². The first-order valence-corrected chi connectivity index (χ1v) is 11.3. The Labute approximate surface area is 166 Å². The predicted octanol–water partition coefficient (Wildman–Crippen LogP) is 1.01. The van der Waals surface area contributed by atoms with E-state index in [1.807, 2.05) is 23.9 Å². The van der Waals surface area contributed by atoms with Gasteiger partial charge in [-0.15, -0.1) is 0 Å². The van der Waals surface area contributed by atoms with Gasteiger partial charge in [0.1, 0.15) is 0 Å². The summed E-state index contributed by atoms with van der Waals surface area (Å²) in [5.74, 6) is 0.973. The maximum Gasteiger partial charge on any atom is 0.214 e. The summed E-state index contributed by atoms with van der Waals surface area (Å²) in [4.78, 5) is 4.50. The van der Waals surface area contributed by atoms with Crippen molar-refractivity contribution in [3.8, 4) is 5.69 Å². The fraction of sp³-hybridized carbons (Fsp3) is 0.474. The molecule has 28 heavy (non-hydrogen) atoms. The lowest BCUT2D eigenvalue weighted by atomic mass is 10.1. The van der Waals surface area contributed by atoms with Gasteiger partial charge in [-0.1, -0.05) is 12.1 Å². The van der Waals surface area contributed by atoms with E-state index < -0.39 is 10.0 Å². The van der Waals surface area contributed by atoms with Crippen molar-refractivity contribution in [2.24, 2.45) is 4.99 Å². The van der Waals surface area contributed by atoms with E-state index in [4.69, 9.17) is 0 Å². The molecule has 0 spiro atoms. The second-order valence-corrected chi connectivity index (χ2v) is 8.71. The van der Waals surface area contributed by atoms with Crippen molar-refractivity contribution < 1.29 is 8.42 Å². The summed E-state index contributed by atoms with van der Waals surface area (Å²) in [6, 6.07) is 10.2. The average molecular weight is 405 g/mol. The Kier molecular flexibility index (Phi) is 7.05. The van der Waals surface area contributed by atoms with Crippen LogP contribution in [0.2, 0.25) is 0 Å². The fourth-order valence-corrected chi connectivity index (χ4v) is 4.64. The van der Waals surface area contributed by atoms with Gasteiger partial charge in [-0.05, 0) is 43.5 Å². The molecule has 0 bridgehead atoms. The highest BCUT2D eigenvalue weighted by Gasteiger charge is 2.27. The van der Waals surface area contributed by atoms with Crippen LogP contribution in [0, 0.1) is 0 Å². The quantitative estimate of drug-likeness (QED) is 0.506. The maximum absolute atomic E-state index is 11.8. The summed E-state index contributed by atoms with van der Waals surface area (Å²) in [7, 11) is -3.05. The van der Waals surface area contributed by atoms with E-state index >= 15 is 0 Å². The van der Waals surface area contributed by atoms with Gasteiger partial charge in [0, 0.05) is 38.6 Å². The molecule has 0 radical (unpaired) electrons. The summed E-state index contributed by atoms with van der Waals surface area (Å²) < 4.78 is 27.0. The average Bonchev–Trinajstić information content (AvgIpc) is 3.32. The molecular weight excluding hydrogens is 376 g/mol. The summed E-state index contributed by atoms with van der Waals surface area (Å²) in [6.45, 7) is 5.01. The van der Waals surface area contributed by atoms with Crippen LogP contribution in [0.3, 0.4) is 0 Å². The molecule has 1 fully saturated rings. The molecule has 2 aromatic rings. The van der Waals surface area contributed by atoms with Gasteiger partial charge in [0.15, 0.2) is 5.96 Å². The van der Waals surface area contributed by atoms with Gasteiger partial charge in [0.2, 0.25) is 10.0 Å². The third kappa shape index (κ3) is 5.56. The molecule has 9 heteroatoms. The van der Waals surface area contributed by atoms with Crippen molar-refractivity contribution in [1.29, 1.82) is 0 Å². The van der Waals surface area contributed by atoms with E-state index in [2.05, 4.69) is 45.0 Å². The zero-order valence-corrected chi connectivity index (χ0v) is 17.0. The Morgan fingerprint density at radius 1 is 1.25 bits per heavy atom. The Bertz CT molecular complexity index is 862. The third-order valence-corrected chi connectivity index (χ3v) is 6.53. The van der Waals surface area contributed by atoms with Crippen LogP contribution in [-0.2, 0) is 16.4 Å². The van der Waals surface area contributed by atoms with Gasteiger partial charge >= 0.3 is 0 Å². The number of nitrogens with zero attached hydrogens (tertiary/aromatic N) is 4. The number of hydrogen-bond acceptors (Lipinski definition) is 4. The van der Waals surface area contributed by atoms with Crippen LogP contribution in [0.4, 0.5) is 0 Å². The lowest BCUT2D eigenvalue weighted by Gasteiger charge is -2.14. The minimum absolute atomic E-state index is 0.258. The molecule has 0 amide bonds. The van der Waals surface area contributed by atoms with Crippen molar-refractivity contribution in [3.63, 3.8) is 0 Å². The summed E-state index contributed by atoms with van der Waals surface area (Å²) in [6.07, 6.45) is 5.26. The molecule has 1 saturated heterocycles. The van der Waals surface area contributed by atoms with E-state index in [0.717, 1.165) is 25.2 Å². The number of hydrogen-bond donors (Lipinski definition) is 2. The number of nitrogens with one attached hydrogen (secondary N) is 2. The van der Waals surface area contributed by atoms with Crippen molar-refractivity contribution in [1.82, 2.24) is 24.7 Å². The second-order valence-electron chi connectivity index (χ2n) is 6.62. The normalized spacial score (nSPS) is 17.0. The molecule has 1 aromatic carbocycles. The molecule has 1 aliphatic rings. The standard InChI is InChI=1S/C19H28N6O2S/c1-2-20-19(22-12-15-24-13-4-16-28(24,26)27)21-11-9-17-5-7-18(8-6-17)25-14-3-10-23-25/h3,5-8,10,14H,2,4,9,11-13,15-16H2,1H3,(H2,20,21,22). The Balaban J connectivity index is 1.46. The lowest BCUT2D eigenvalue weighted by molar-refractivity contribution is 0.452. The zero-order valence-electron chi connectivity index (χ0n) is 16.2. The summed E-state index contributed by atoms with van der Waals surface area (Å²) in [5.41, 5.74) is 2.26. The molecule has 0 saturated carbocycles.